The molecule has 1 saturated carbocycles. The minimum atomic E-state index is -0.572. The first-order chi connectivity index (χ1) is 15.6. The minimum Gasteiger partial charge on any atom is -0.479 e. The molecule has 0 spiro atoms. The molecular weight excluding hydrogens is 414 g/mol. The summed E-state index contributed by atoms with van der Waals surface area (Å²) in [5.74, 6) is 1.28. The molecule has 5 rings (SSSR count). The van der Waals surface area contributed by atoms with E-state index in [0.29, 0.717) is 42.8 Å². The number of hydrogen-bond donors (Lipinski definition) is 0. The lowest BCUT2D eigenvalue weighted by Crippen LogP contribution is -2.33. The lowest BCUT2D eigenvalue weighted by molar-refractivity contribution is -0.512. The Hall–Kier alpha value is -3.69. The summed E-state index contributed by atoms with van der Waals surface area (Å²) in [5.41, 5.74) is 1.39. The molecule has 1 aliphatic carbocycles. The highest BCUT2D eigenvalue weighted by molar-refractivity contribution is 5.98. The van der Waals surface area contributed by atoms with Crippen LogP contribution >= 0.6 is 0 Å². The van der Waals surface area contributed by atoms with E-state index in [9.17, 15) is 9.59 Å². The summed E-state index contributed by atoms with van der Waals surface area (Å²) in [6.07, 6.45) is 7.54. The van der Waals surface area contributed by atoms with Gasteiger partial charge in [0.15, 0.2) is 6.10 Å². The number of ether oxygens (including phenoxy) is 3. The van der Waals surface area contributed by atoms with Crippen molar-refractivity contribution in [2.75, 3.05) is 25.2 Å². The standard InChI is InChI=1S/C22H24N5O5/c1-30-21(28)12-26-14-25-11-16(4-6-19(25)24-26)27-9-8-18(22(27)29)32-17-5-7-20(23-10-17)31-13-15-2-3-15/h4-7,10-11,14-15,18H,2-3,8-9,12-13H2,1H3/q+1/t18-/m1/s1. The van der Waals surface area contributed by atoms with Crippen LogP contribution in [0.15, 0.2) is 43.0 Å². The minimum absolute atomic E-state index is 0.0184. The number of carbonyl (C=O) groups excluding carboxylic acids is 2. The van der Waals surface area contributed by atoms with Gasteiger partial charge in [-0.1, -0.05) is 0 Å². The van der Waals surface area contributed by atoms with Crippen LogP contribution in [-0.2, 0) is 20.9 Å². The van der Waals surface area contributed by atoms with E-state index >= 15 is 0 Å². The topological polar surface area (TPSA) is 99.9 Å². The summed E-state index contributed by atoms with van der Waals surface area (Å²) in [6.45, 7) is 1.26. The van der Waals surface area contributed by atoms with Gasteiger partial charge in [0.1, 0.15) is 5.75 Å². The van der Waals surface area contributed by atoms with Gasteiger partial charge in [-0.05, 0) is 30.9 Å². The van der Waals surface area contributed by atoms with Crippen LogP contribution in [-0.4, -0.2) is 53.0 Å². The van der Waals surface area contributed by atoms with Crippen LogP contribution in [0.1, 0.15) is 19.3 Å². The largest absolute Gasteiger partial charge is 0.479 e. The second kappa shape index (κ2) is 8.45. The van der Waals surface area contributed by atoms with Crippen LogP contribution in [0, 0.1) is 5.92 Å². The first-order valence-corrected chi connectivity index (χ1v) is 10.6. The van der Waals surface area contributed by atoms with Crippen LogP contribution < -0.4 is 18.8 Å². The maximum Gasteiger partial charge on any atom is 0.344 e. The average molecular weight is 438 g/mol. The van der Waals surface area contributed by atoms with E-state index in [2.05, 4.69) is 14.8 Å². The van der Waals surface area contributed by atoms with Gasteiger partial charge in [0.25, 0.3) is 5.91 Å². The van der Waals surface area contributed by atoms with Crippen LogP contribution in [0.5, 0.6) is 11.6 Å². The normalized spacial score (nSPS) is 18.2. The highest BCUT2D eigenvalue weighted by Gasteiger charge is 2.35. The summed E-state index contributed by atoms with van der Waals surface area (Å²) in [7, 11) is 1.33. The van der Waals surface area contributed by atoms with Crippen molar-refractivity contribution in [3.8, 4) is 11.6 Å². The number of carbonyl (C=O) groups is 2. The monoisotopic (exact) mass is 438 g/mol. The van der Waals surface area contributed by atoms with Gasteiger partial charge in [-0.3, -0.25) is 4.79 Å². The SMILES string of the molecule is COC(=O)Cn1c[n+]2cc(N3CC[C@@H](Oc4ccc(OCC5CC5)nc4)C3=O)ccc2n1. The molecule has 32 heavy (non-hydrogen) atoms. The zero-order valence-corrected chi connectivity index (χ0v) is 17.7. The van der Waals surface area contributed by atoms with E-state index in [-0.39, 0.29) is 18.4 Å². The second-order valence-electron chi connectivity index (χ2n) is 8.01. The van der Waals surface area contributed by atoms with Crippen molar-refractivity contribution in [2.24, 2.45) is 5.92 Å². The van der Waals surface area contributed by atoms with Crippen molar-refractivity contribution in [2.45, 2.75) is 31.9 Å². The Kier molecular flexibility index (Phi) is 5.34. The molecular formula is C22H24N5O5+. The molecule has 4 heterocycles. The number of fused-ring (bicyclic) bond motifs is 1. The van der Waals surface area contributed by atoms with Gasteiger partial charge in [0, 0.05) is 30.2 Å². The fourth-order valence-corrected chi connectivity index (χ4v) is 3.60. The highest BCUT2D eigenvalue weighted by Crippen LogP contribution is 2.29. The molecule has 3 aromatic rings. The number of rotatable bonds is 8. The third-order valence-corrected chi connectivity index (χ3v) is 5.57. The second-order valence-corrected chi connectivity index (χ2v) is 8.01. The first kappa shape index (κ1) is 20.2. The molecule has 2 fully saturated rings. The fraction of sp³-hybridized carbons (Fsp3) is 0.409. The molecule has 1 aliphatic heterocycles. The molecule has 1 amide bonds. The van der Waals surface area contributed by atoms with E-state index in [1.165, 1.54) is 24.6 Å². The zero-order chi connectivity index (χ0) is 22.1. The van der Waals surface area contributed by atoms with Crippen molar-refractivity contribution >= 4 is 23.2 Å². The third-order valence-electron chi connectivity index (χ3n) is 5.57. The van der Waals surface area contributed by atoms with Crippen LogP contribution in [0.3, 0.4) is 0 Å². The Morgan fingerprint density at radius 3 is 2.84 bits per heavy atom. The number of amides is 1. The van der Waals surface area contributed by atoms with Gasteiger partial charge in [-0.15, -0.1) is 4.68 Å². The lowest BCUT2D eigenvalue weighted by Gasteiger charge is -2.16. The van der Waals surface area contributed by atoms with Gasteiger partial charge in [-0.25, -0.2) is 14.2 Å². The average Bonchev–Trinajstić information content (AvgIpc) is 3.45. The summed E-state index contributed by atoms with van der Waals surface area (Å²) in [5, 5.41) is 4.32. The fourth-order valence-electron chi connectivity index (χ4n) is 3.60. The molecule has 2 aliphatic rings. The number of pyridine rings is 2. The van der Waals surface area contributed by atoms with E-state index in [1.54, 1.807) is 40.0 Å². The van der Waals surface area contributed by atoms with Crippen LogP contribution in [0.25, 0.3) is 5.65 Å². The Morgan fingerprint density at radius 1 is 1.22 bits per heavy atom. The maximum atomic E-state index is 13.0. The number of hydrogen-bond acceptors (Lipinski definition) is 7. The van der Waals surface area contributed by atoms with E-state index < -0.39 is 6.10 Å². The molecule has 0 bridgehead atoms. The Bertz CT molecular complexity index is 1140. The van der Waals surface area contributed by atoms with Crippen molar-refractivity contribution < 1.29 is 28.2 Å². The molecule has 10 nitrogen and oxygen atoms in total. The molecule has 10 heteroatoms. The van der Waals surface area contributed by atoms with Crippen LogP contribution in [0.4, 0.5) is 5.69 Å². The molecule has 0 unspecified atom stereocenters. The predicted octanol–water partition coefficient (Wildman–Crippen LogP) is 1.16. The number of aromatic nitrogens is 4. The highest BCUT2D eigenvalue weighted by atomic mass is 16.5. The third kappa shape index (κ3) is 4.34. The predicted molar refractivity (Wildman–Crippen MR) is 111 cm³/mol. The van der Waals surface area contributed by atoms with Crippen molar-refractivity contribution in [3.05, 3.63) is 43.0 Å². The van der Waals surface area contributed by atoms with E-state index in [0.717, 1.165) is 5.69 Å². The molecule has 166 valence electrons. The summed E-state index contributed by atoms with van der Waals surface area (Å²) in [4.78, 5) is 30.4. The number of anilines is 1. The first-order valence-electron chi connectivity index (χ1n) is 10.6. The molecule has 0 radical (unpaired) electrons. The van der Waals surface area contributed by atoms with Crippen molar-refractivity contribution in [1.29, 1.82) is 0 Å². The van der Waals surface area contributed by atoms with Gasteiger partial charge in [-0.2, -0.15) is 0 Å². The summed E-state index contributed by atoms with van der Waals surface area (Å²) in [6, 6.07) is 7.18. The van der Waals surface area contributed by atoms with Gasteiger partial charge >= 0.3 is 11.6 Å². The van der Waals surface area contributed by atoms with E-state index in [1.807, 2.05) is 12.3 Å². The summed E-state index contributed by atoms with van der Waals surface area (Å²) >= 11 is 0. The maximum absolute atomic E-state index is 13.0. The quantitative estimate of drug-likeness (QED) is 0.384. The number of nitrogens with zero attached hydrogens (tertiary/aromatic N) is 5. The zero-order valence-electron chi connectivity index (χ0n) is 17.7. The Labute approximate surface area is 184 Å². The van der Waals surface area contributed by atoms with Crippen molar-refractivity contribution in [3.63, 3.8) is 0 Å². The van der Waals surface area contributed by atoms with Crippen molar-refractivity contribution in [1.82, 2.24) is 14.8 Å². The van der Waals surface area contributed by atoms with E-state index in [4.69, 9.17) is 9.47 Å². The van der Waals surface area contributed by atoms with Gasteiger partial charge in [0.2, 0.25) is 18.8 Å². The molecule has 3 aromatic heterocycles. The molecule has 0 N–H and O–H groups in total. The van der Waals surface area contributed by atoms with Crippen LogP contribution in [0.2, 0.25) is 0 Å². The molecule has 0 aromatic carbocycles. The summed E-state index contributed by atoms with van der Waals surface area (Å²) < 4.78 is 19.5. The van der Waals surface area contributed by atoms with Gasteiger partial charge in [0.05, 0.1) is 31.8 Å². The van der Waals surface area contributed by atoms with Gasteiger partial charge < -0.3 is 19.1 Å². The number of esters is 1. The Balaban J connectivity index is 1.23. The lowest BCUT2D eigenvalue weighted by atomic mass is 10.3. The smallest absolute Gasteiger partial charge is 0.344 e. The molecule has 1 saturated heterocycles. The molecule has 1 atom stereocenters. The Morgan fingerprint density at radius 2 is 2.09 bits per heavy atom. The number of methoxy groups -OCH3 is 1.